The summed E-state index contributed by atoms with van der Waals surface area (Å²) < 4.78 is 0. The second kappa shape index (κ2) is 7.93. The van der Waals surface area contributed by atoms with E-state index in [2.05, 4.69) is 5.32 Å². The Morgan fingerprint density at radius 1 is 1.20 bits per heavy atom. The third kappa shape index (κ3) is 4.55. The van der Waals surface area contributed by atoms with Gasteiger partial charge in [0.1, 0.15) is 0 Å². The smallest absolute Gasteiger partial charge is 0.225 e. The summed E-state index contributed by atoms with van der Waals surface area (Å²) in [6.07, 6.45) is 1.26. The van der Waals surface area contributed by atoms with Gasteiger partial charge in [0.15, 0.2) is 0 Å². The van der Waals surface area contributed by atoms with E-state index in [4.69, 9.17) is 11.6 Å². The summed E-state index contributed by atoms with van der Waals surface area (Å²) in [6.45, 7) is 2.28. The van der Waals surface area contributed by atoms with E-state index in [0.717, 1.165) is 28.3 Å². The lowest BCUT2D eigenvalue weighted by Gasteiger charge is -2.15. The molecule has 4 nitrogen and oxygen atoms in total. The summed E-state index contributed by atoms with van der Waals surface area (Å²) in [6, 6.07) is 13.3. The van der Waals surface area contributed by atoms with Gasteiger partial charge in [-0.15, -0.1) is 11.8 Å². The molecule has 0 bridgehead atoms. The Morgan fingerprint density at radius 2 is 1.96 bits per heavy atom. The Labute approximate surface area is 156 Å². The van der Waals surface area contributed by atoms with Crippen LogP contribution in [0.1, 0.15) is 18.9 Å². The van der Waals surface area contributed by atoms with Gasteiger partial charge in [0.2, 0.25) is 11.8 Å². The van der Waals surface area contributed by atoms with Gasteiger partial charge in [-0.1, -0.05) is 11.6 Å². The first-order valence-corrected chi connectivity index (χ1v) is 9.48. The Morgan fingerprint density at radius 3 is 2.68 bits per heavy atom. The predicted octanol–water partition coefficient (Wildman–Crippen LogP) is 4.37. The monoisotopic (exact) mass is 374 g/mol. The molecule has 1 heterocycles. The van der Waals surface area contributed by atoms with Crippen molar-refractivity contribution in [3.8, 4) is 0 Å². The average molecular weight is 375 g/mol. The summed E-state index contributed by atoms with van der Waals surface area (Å²) in [4.78, 5) is 26.6. The normalized spacial score (nSPS) is 12.8. The van der Waals surface area contributed by atoms with Crippen LogP contribution in [-0.2, 0) is 16.0 Å². The van der Waals surface area contributed by atoms with Gasteiger partial charge in [0.05, 0.1) is 0 Å². The van der Waals surface area contributed by atoms with Crippen LogP contribution < -0.4 is 10.2 Å². The van der Waals surface area contributed by atoms with Crippen LogP contribution in [0.25, 0.3) is 0 Å². The zero-order valence-corrected chi connectivity index (χ0v) is 15.5. The van der Waals surface area contributed by atoms with Crippen molar-refractivity contribution in [3.63, 3.8) is 0 Å². The van der Waals surface area contributed by atoms with E-state index in [1.165, 1.54) is 0 Å². The Balaban J connectivity index is 1.51. The number of nitrogens with zero attached hydrogens (tertiary/aromatic N) is 1. The van der Waals surface area contributed by atoms with Crippen molar-refractivity contribution in [2.75, 3.05) is 22.5 Å². The van der Waals surface area contributed by atoms with E-state index >= 15 is 0 Å². The maximum absolute atomic E-state index is 12.1. The first-order chi connectivity index (χ1) is 12.0. The van der Waals surface area contributed by atoms with E-state index in [-0.39, 0.29) is 11.8 Å². The summed E-state index contributed by atoms with van der Waals surface area (Å²) in [7, 11) is 0. The fraction of sp³-hybridized carbons (Fsp3) is 0.263. The molecule has 0 radical (unpaired) electrons. The summed E-state index contributed by atoms with van der Waals surface area (Å²) in [5, 5.41) is 3.64. The number of hydrogen-bond donors (Lipinski definition) is 1. The number of hydrogen-bond acceptors (Lipinski definition) is 3. The lowest BCUT2D eigenvalue weighted by atomic mass is 10.1. The molecule has 2 aromatic rings. The number of thioether (sulfide) groups is 1. The first kappa shape index (κ1) is 17.8. The minimum atomic E-state index is -0.0113. The highest BCUT2D eigenvalue weighted by molar-refractivity contribution is 7.99. The summed E-state index contributed by atoms with van der Waals surface area (Å²) >= 11 is 7.49. The number of rotatable bonds is 5. The number of carbonyl (C=O) groups excluding carboxylic acids is 2. The minimum absolute atomic E-state index is 0.0113. The number of carbonyl (C=O) groups is 2. The highest BCUT2D eigenvalue weighted by Crippen LogP contribution is 2.30. The molecule has 1 aliphatic rings. The summed E-state index contributed by atoms with van der Waals surface area (Å²) in [5.74, 6) is 0.744. The van der Waals surface area contributed by atoms with Gasteiger partial charge in [0.25, 0.3) is 0 Å². The van der Waals surface area contributed by atoms with E-state index < -0.39 is 0 Å². The van der Waals surface area contributed by atoms with Crippen molar-refractivity contribution in [2.24, 2.45) is 0 Å². The van der Waals surface area contributed by atoms with E-state index in [9.17, 15) is 9.59 Å². The molecule has 0 saturated carbocycles. The molecule has 2 aromatic carbocycles. The molecule has 3 rings (SSSR count). The third-order valence-electron chi connectivity index (χ3n) is 4.05. The van der Waals surface area contributed by atoms with Gasteiger partial charge in [-0.3, -0.25) is 9.59 Å². The molecule has 0 aromatic heterocycles. The van der Waals surface area contributed by atoms with Gasteiger partial charge >= 0.3 is 0 Å². The van der Waals surface area contributed by atoms with Crippen LogP contribution in [0.3, 0.4) is 0 Å². The molecular formula is C19H19ClN2O2S. The van der Waals surface area contributed by atoms with Crippen LogP contribution in [0.5, 0.6) is 0 Å². The largest absolute Gasteiger partial charge is 0.326 e. The zero-order valence-electron chi connectivity index (χ0n) is 13.9. The van der Waals surface area contributed by atoms with Gasteiger partial charge in [-0.25, -0.2) is 0 Å². The molecule has 0 spiro atoms. The van der Waals surface area contributed by atoms with Gasteiger partial charge < -0.3 is 10.2 Å². The molecular weight excluding hydrogens is 356 g/mol. The lowest BCUT2D eigenvalue weighted by molar-refractivity contribution is -0.117. The molecule has 0 unspecified atom stereocenters. The van der Waals surface area contributed by atoms with Crippen molar-refractivity contribution in [3.05, 3.63) is 53.1 Å². The maximum Gasteiger partial charge on any atom is 0.225 e. The Kier molecular flexibility index (Phi) is 5.66. The zero-order chi connectivity index (χ0) is 17.8. The average Bonchev–Trinajstić information content (AvgIpc) is 3.00. The topological polar surface area (TPSA) is 49.4 Å². The second-order valence-corrected chi connectivity index (χ2v) is 7.47. The molecule has 6 heteroatoms. The van der Waals surface area contributed by atoms with Crippen molar-refractivity contribution < 1.29 is 9.59 Å². The van der Waals surface area contributed by atoms with E-state index in [1.54, 1.807) is 23.6 Å². The molecule has 0 saturated heterocycles. The fourth-order valence-electron chi connectivity index (χ4n) is 2.82. The molecule has 0 aliphatic carbocycles. The summed E-state index contributed by atoms with van der Waals surface area (Å²) in [5.41, 5.74) is 2.83. The van der Waals surface area contributed by atoms with Crippen molar-refractivity contribution in [1.82, 2.24) is 0 Å². The minimum Gasteiger partial charge on any atom is -0.326 e. The molecule has 25 heavy (non-hydrogen) atoms. The molecule has 2 amide bonds. The molecule has 1 N–H and O–H groups in total. The fourth-order valence-corrected chi connectivity index (χ4v) is 3.80. The molecule has 0 fully saturated rings. The van der Waals surface area contributed by atoms with E-state index in [1.807, 2.05) is 42.5 Å². The Hall–Kier alpha value is -1.98. The number of anilines is 2. The number of halogens is 1. The number of benzene rings is 2. The molecule has 0 atom stereocenters. The van der Waals surface area contributed by atoms with Gasteiger partial charge in [-0.05, 0) is 54.4 Å². The SMILES string of the molecule is CC(=O)N1CCc2cc(NC(=O)CCSc3ccc(Cl)cc3)ccc21. The van der Waals surface area contributed by atoms with Crippen molar-refractivity contribution in [1.29, 1.82) is 0 Å². The standard InChI is InChI=1S/C19H19ClN2O2S/c1-13(23)22-10-8-14-12-16(4-7-18(14)22)21-19(24)9-11-25-17-5-2-15(20)3-6-17/h2-7,12H,8-11H2,1H3,(H,21,24). The molecule has 130 valence electrons. The second-order valence-electron chi connectivity index (χ2n) is 5.86. The van der Waals surface area contributed by atoms with Crippen LogP contribution in [0, 0.1) is 0 Å². The lowest BCUT2D eigenvalue weighted by Crippen LogP contribution is -2.25. The van der Waals surface area contributed by atoms with Crippen LogP contribution in [-0.4, -0.2) is 24.1 Å². The van der Waals surface area contributed by atoms with Gasteiger partial charge in [-0.2, -0.15) is 0 Å². The van der Waals surface area contributed by atoms with Crippen LogP contribution in [0.15, 0.2) is 47.4 Å². The van der Waals surface area contributed by atoms with Crippen molar-refractivity contribution >= 4 is 46.6 Å². The van der Waals surface area contributed by atoms with Crippen LogP contribution >= 0.6 is 23.4 Å². The quantitative estimate of drug-likeness (QED) is 0.790. The number of fused-ring (bicyclic) bond motifs is 1. The van der Waals surface area contributed by atoms with E-state index in [0.29, 0.717) is 23.7 Å². The number of amides is 2. The maximum atomic E-state index is 12.1. The molecule has 1 aliphatic heterocycles. The third-order valence-corrected chi connectivity index (χ3v) is 5.32. The van der Waals surface area contributed by atoms with Crippen molar-refractivity contribution in [2.45, 2.75) is 24.7 Å². The van der Waals surface area contributed by atoms with Crippen LogP contribution in [0.2, 0.25) is 5.02 Å². The number of nitrogens with one attached hydrogen (secondary N) is 1. The highest BCUT2D eigenvalue weighted by atomic mass is 35.5. The first-order valence-electron chi connectivity index (χ1n) is 8.12. The van der Waals surface area contributed by atoms with Crippen LogP contribution in [0.4, 0.5) is 11.4 Å². The predicted molar refractivity (Wildman–Crippen MR) is 104 cm³/mol. The van der Waals surface area contributed by atoms with Gasteiger partial charge in [0, 0.05) is 46.9 Å². The Bertz CT molecular complexity index is 793. The highest BCUT2D eigenvalue weighted by Gasteiger charge is 2.22.